The maximum absolute atomic E-state index is 13.0. The predicted molar refractivity (Wildman–Crippen MR) is 143 cm³/mol. The fourth-order valence-electron chi connectivity index (χ4n) is 3.66. The van der Waals surface area contributed by atoms with Gasteiger partial charge in [0.1, 0.15) is 18.4 Å². The molecule has 1 aliphatic heterocycles. The highest BCUT2D eigenvalue weighted by Crippen LogP contribution is 2.16. The number of nitrogens with one attached hydrogen (secondary N) is 2. The number of amides is 3. The highest BCUT2D eigenvalue weighted by molar-refractivity contribution is 5.91. The molecule has 2 atom stereocenters. The zero-order valence-electron chi connectivity index (χ0n) is 21.1. The molecule has 195 valence electrons. The Morgan fingerprint density at radius 3 is 2.49 bits per heavy atom. The van der Waals surface area contributed by atoms with Gasteiger partial charge in [-0.15, -0.1) is 0 Å². The molecule has 4 N–H and O–H groups in total. The molecule has 1 aliphatic rings. The van der Waals surface area contributed by atoms with Crippen LogP contribution in [-0.2, 0) is 27.4 Å². The molecule has 0 spiro atoms. The number of ether oxygens (including phenoxy) is 1. The van der Waals surface area contributed by atoms with E-state index in [1.54, 1.807) is 6.92 Å². The van der Waals surface area contributed by atoms with Crippen molar-refractivity contribution >= 4 is 17.7 Å². The van der Waals surface area contributed by atoms with Crippen LogP contribution in [0.15, 0.2) is 79.0 Å². The van der Waals surface area contributed by atoms with E-state index < -0.39 is 23.8 Å². The minimum atomic E-state index is -0.777. The van der Waals surface area contributed by atoms with Crippen LogP contribution >= 0.6 is 0 Å². The molecule has 1 heterocycles. The molecule has 2 unspecified atom stereocenters. The van der Waals surface area contributed by atoms with Crippen LogP contribution < -0.4 is 21.1 Å². The van der Waals surface area contributed by atoms with Crippen molar-refractivity contribution in [3.05, 3.63) is 96.6 Å². The number of carbonyl (C=O) groups excluding carboxylic acids is 3. The Morgan fingerprint density at radius 2 is 1.81 bits per heavy atom. The Bertz CT molecular complexity index is 1080. The normalized spacial score (nSPS) is 14.0. The van der Waals surface area contributed by atoms with Crippen LogP contribution in [0.25, 0.3) is 0 Å². The molecule has 1 radical (unpaired) electrons. The van der Waals surface area contributed by atoms with Crippen LogP contribution in [-0.4, -0.2) is 48.3 Å². The summed E-state index contributed by atoms with van der Waals surface area (Å²) >= 11 is 0. The van der Waals surface area contributed by atoms with Gasteiger partial charge in [-0.1, -0.05) is 61.5 Å². The average Bonchev–Trinajstić information content (AvgIpc) is 2.92. The van der Waals surface area contributed by atoms with Crippen molar-refractivity contribution in [2.24, 2.45) is 11.7 Å². The van der Waals surface area contributed by atoms with Crippen LogP contribution in [0.5, 0.6) is 5.75 Å². The van der Waals surface area contributed by atoms with E-state index in [2.05, 4.69) is 15.5 Å². The molecule has 3 amide bonds. The number of rotatable bonds is 14. The van der Waals surface area contributed by atoms with Crippen molar-refractivity contribution in [2.45, 2.75) is 32.4 Å². The second kappa shape index (κ2) is 14.5. The summed E-state index contributed by atoms with van der Waals surface area (Å²) in [5.41, 5.74) is 7.23. The molecule has 37 heavy (non-hydrogen) atoms. The molecule has 0 aromatic heterocycles. The molecule has 0 aliphatic carbocycles. The largest absolute Gasteiger partial charge is 0.489 e. The number of allylic oxidation sites excluding steroid dienone is 2. The Morgan fingerprint density at radius 1 is 1.05 bits per heavy atom. The van der Waals surface area contributed by atoms with E-state index in [0.29, 0.717) is 26.1 Å². The lowest BCUT2D eigenvalue weighted by atomic mass is 10.0. The van der Waals surface area contributed by atoms with Gasteiger partial charge < -0.3 is 26.0 Å². The van der Waals surface area contributed by atoms with E-state index in [1.165, 1.54) is 6.42 Å². The lowest BCUT2D eigenvalue weighted by Crippen LogP contribution is -2.49. The Labute approximate surface area is 218 Å². The van der Waals surface area contributed by atoms with E-state index >= 15 is 0 Å². The fraction of sp³-hybridized carbons (Fsp3) is 0.310. The smallest absolute Gasteiger partial charge is 0.242 e. The molecule has 2 aromatic rings. The van der Waals surface area contributed by atoms with Crippen LogP contribution in [0, 0.1) is 12.3 Å². The van der Waals surface area contributed by atoms with Crippen molar-refractivity contribution in [3.8, 4) is 5.75 Å². The number of nitrogens with two attached hydrogens (primary N) is 1. The van der Waals surface area contributed by atoms with Crippen molar-refractivity contribution in [2.75, 3.05) is 19.6 Å². The summed E-state index contributed by atoms with van der Waals surface area (Å²) in [6.45, 7) is 4.00. The minimum Gasteiger partial charge on any atom is -0.489 e. The summed E-state index contributed by atoms with van der Waals surface area (Å²) in [4.78, 5) is 38.9. The van der Waals surface area contributed by atoms with E-state index in [-0.39, 0.29) is 12.3 Å². The summed E-state index contributed by atoms with van der Waals surface area (Å²) in [7, 11) is 0. The van der Waals surface area contributed by atoms with Crippen LogP contribution in [0.4, 0.5) is 0 Å². The van der Waals surface area contributed by atoms with E-state index in [0.717, 1.165) is 23.4 Å². The maximum atomic E-state index is 13.0. The lowest BCUT2D eigenvalue weighted by molar-refractivity contribution is -0.127. The Balaban J connectivity index is 1.57. The third-order valence-electron chi connectivity index (χ3n) is 5.97. The second-order valence-corrected chi connectivity index (χ2v) is 8.98. The monoisotopic (exact) mass is 503 g/mol. The Hall–Kier alpha value is -4.07. The first-order chi connectivity index (χ1) is 17.9. The molecular formula is C29H35N4O4. The second-order valence-electron chi connectivity index (χ2n) is 8.98. The molecule has 8 nitrogen and oxygen atoms in total. The number of hydrogen-bond acceptors (Lipinski definition) is 5. The van der Waals surface area contributed by atoms with E-state index in [1.807, 2.05) is 79.0 Å². The molecule has 0 bridgehead atoms. The summed E-state index contributed by atoms with van der Waals surface area (Å²) in [5, 5.41) is 5.70. The minimum absolute atomic E-state index is 0.206. The Kier molecular flexibility index (Phi) is 10.8. The molecule has 8 heteroatoms. The van der Waals surface area contributed by atoms with Gasteiger partial charge in [-0.25, -0.2) is 0 Å². The number of hydrogen-bond donors (Lipinski definition) is 3. The number of benzene rings is 2. The van der Waals surface area contributed by atoms with Gasteiger partial charge in [0.2, 0.25) is 17.7 Å². The topological polar surface area (TPSA) is 114 Å². The average molecular weight is 504 g/mol. The third-order valence-corrected chi connectivity index (χ3v) is 5.97. The highest BCUT2D eigenvalue weighted by atomic mass is 16.5. The highest BCUT2D eigenvalue weighted by Gasteiger charge is 2.22. The molecule has 0 saturated carbocycles. The molecule has 2 aromatic carbocycles. The quantitative estimate of drug-likeness (QED) is 0.367. The summed E-state index contributed by atoms with van der Waals surface area (Å²) < 4.78 is 5.84. The first kappa shape index (κ1) is 27.5. The summed E-state index contributed by atoms with van der Waals surface area (Å²) in [5.74, 6) is -0.913. The van der Waals surface area contributed by atoms with Gasteiger partial charge in [-0.05, 0) is 42.0 Å². The van der Waals surface area contributed by atoms with Crippen LogP contribution in [0.2, 0.25) is 0 Å². The summed E-state index contributed by atoms with van der Waals surface area (Å²) in [6.07, 6.45) is 9.82. The maximum Gasteiger partial charge on any atom is 0.242 e. The van der Waals surface area contributed by atoms with Crippen molar-refractivity contribution in [3.63, 3.8) is 0 Å². The zero-order chi connectivity index (χ0) is 26.5. The SMILES string of the molecule is CC(C[CH]C(=O)NC(Cc1ccc(OCc2ccccc2)cc1)C(=O)NCCN1C=CC=CC1)C(N)=O. The van der Waals surface area contributed by atoms with E-state index in [9.17, 15) is 14.4 Å². The van der Waals surface area contributed by atoms with Gasteiger partial charge in [0.25, 0.3) is 0 Å². The predicted octanol–water partition coefficient (Wildman–Crippen LogP) is 2.51. The van der Waals surface area contributed by atoms with Gasteiger partial charge in [-0.3, -0.25) is 14.4 Å². The van der Waals surface area contributed by atoms with Crippen LogP contribution in [0.1, 0.15) is 24.5 Å². The van der Waals surface area contributed by atoms with Gasteiger partial charge in [0.15, 0.2) is 0 Å². The molecule has 0 fully saturated rings. The number of nitrogens with zero attached hydrogens (tertiary/aromatic N) is 1. The van der Waals surface area contributed by atoms with Crippen LogP contribution in [0.3, 0.4) is 0 Å². The lowest BCUT2D eigenvalue weighted by Gasteiger charge is -2.22. The molecule has 0 saturated heterocycles. The molecule has 3 rings (SSSR count). The standard InChI is InChI=1S/C29H35N4O4/c1-22(28(30)35)10-15-27(34)32-26(29(36)31-16-19-33-17-6-3-7-18-33)20-23-11-13-25(14-12-23)37-21-24-8-4-2-5-9-24/h2-9,11-15,17,22,26H,10,16,18-21H2,1H3,(H2,30,35)(H,31,36)(H,32,34). The third kappa shape index (κ3) is 9.83. The summed E-state index contributed by atoms with van der Waals surface area (Å²) in [6, 6.07) is 16.6. The van der Waals surface area contributed by atoms with Gasteiger partial charge in [0, 0.05) is 32.0 Å². The van der Waals surface area contributed by atoms with Gasteiger partial charge in [0.05, 0.1) is 6.42 Å². The van der Waals surface area contributed by atoms with Gasteiger partial charge in [-0.2, -0.15) is 0 Å². The zero-order valence-corrected chi connectivity index (χ0v) is 21.1. The first-order valence-electron chi connectivity index (χ1n) is 12.4. The number of primary amides is 1. The first-order valence-corrected chi connectivity index (χ1v) is 12.4. The molecular weight excluding hydrogens is 468 g/mol. The van der Waals surface area contributed by atoms with Gasteiger partial charge >= 0.3 is 0 Å². The van der Waals surface area contributed by atoms with Crippen molar-refractivity contribution < 1.29 is 19.1 Å². The van der Waals surface area contributed by atoms with E-state index in [4.69, 9.17) is 10.5 Å². The fourth-order valence-corrected chi connectivity index (χ4v) is 3.66. The number of carbonyl (C=O) groups is 3. The van der Waals surface area contributed by atoms with Crippen molar-refractivity contribution in [1.82, 2.24) is 15.5 Å². The van der Waals surface area contributed by atoms with Crippen molar-refractivity contribution in [1.29, 1.82) is 0 Å².